The van der Waals surface area contributed by atoms with Crippen LogP contribution in [0.5, 0.6) is 0 Å². The number of halogens is 2. The molecule has 0 bridgehead atoms. The molecule has 1 aliphatic rings. The number of anilines is 1. The van der Waals surface area contributed by atoms with E-state index in [1.807, 2.05) is 18.2 Å². The normalized spacial score (nSPS) is 19.6. The minimum Gasteiger partial charge on any atom is -0.370 e. The van der Waals surface area contributed by atoms with E-state index < -0.39 is 9.84 Å². The highest BCUT2D eigenvalue weighted by Gasteiger charge is 2.19. The fraction of sp³-hybridized carbons (Fsp3) is 0.500. The number of benzene rings is 1. The number of nitrogens with zero attached hydrogens (tertiary/aromatic N) is 1. The zero-order valence-corrected chi connectivity index (χ0v) is 12.2. The van der Waals surface area contributed by atoms with Crippen LogP contribution in [0.25, 0.3) is 0 Å². The molecule has 3 nitrogen and oxygen atoms in total. The van der Waals surface area contributed by atoms with Gasteiger partial charge < -0.3 is 4.90 Å². The molecule has 18 heavy (non-hydrogen) atoms. The molecule has 1 aromatic rings. The molecule has 0 aromatic heterocycles. The Labute approximate surface area is 118 Å². The van der Waals surface area contributed by atoms with Gasteiger partial charge in [-0.05, 0) is 24.1 Å². The molecule has 0 unspecified atom stereocenters. The minimum atomic E-state index is -2.88. The van der Waals surface area contributed by atoms with Gasteiger partial charge in [-0.2, -0.15) is 0 Å². The molecule has 0 radical (unpaired) electrons. The average molecular weight is 308 g/mol. The van der Waals surface area contributed by atoms with Crippen molar-refractivity contribution in [2.75, 3.05) is 29.5 Å². The van der Waals surface area contributed by atoms with E-state index >= 15 is 0 Å². The van der Waals surface area contributed by atoms with E-state index in [2.05, 4.69) is 4.90 Å². The van der Waals surface area contributed by atoms with Gasteiger partial charge in [0.25, 0.3) is 0 Å². The quantitative estimate of drug-likeness (QED) is 0.788. The van der Waals surface area contributed by atoms with Crippen LogP contribution in [0, 0.1) is 0 Å². The lowest BCUT2D eigenvalue weighted by Gasteiger charge is -2.22. The van der Waals surface area contributed by atoms with Crippen LogP contribution in [0.3, 0.4) is 0 Å². The molecule has 0 aliphatic carbocycles. The summed E-state index contributed by atoms with van der Waals surface area (Å²) in [5.74, 6) is 0.867. The van der Waals surface area contributed by atoms with E-state index in [1.54, 1.807) is 0 Å². The Bertz CT molecular complexity index is 531. The highest BCUT2D eigenvalue weighted by Crippen LogP contribution is 2.25. The predicted molar refractivity (Wildman–Crippen MR) is 76.5 cm³/mol. The van der Waals surface area contributed by atoms with Crippen LogP contribution in [0.1, 0.15) is 12.0 Å². The summed E-state index contributed by atoms with van der Waals surface area (Å²) in [5.41, 5.74) is 1.86. The lowest BCUT2D eigenvalue weighted by Crippen LogP contribution is -2.26. The Morgan fingerprint density at radius 3 is 2.67 bits per heavy atom. The second-order valence-electron chi connectivity index (χ2n) is 4.40. The van der Waals surface area contributed by atoms with Crippen molar-refractivity contribution >= 4 is 38.7 Å². The fourth-order valence-electron chi connectivity index (χ4n) is 2.04. The molecule has 0 spiro atoms. The van der Waals surface area contributed by atoms with Crippen molar-refractivity contribution in [2.24, 2.45) is 0 Å². The van der Waals surface area contributed by atoms with Gasteiger partial charge in [-0.15, -0.1) is 11.6 Å². The van der Waals surface area contributed by atoms with Crippen molar-refractivity contribution in [1.29, 1.82) is 0 Å². The number of hydrogen-bond acceptors (Lipinski definition) is 3. The number of hydrogen-bond donors (Lipinski definition) is 0. The first-order valence-corrected chi connectivity index (χ1v) is 8.55. The van der Waals surface area contributed by atoms with Crippen LogP contribution < -0.4 is 4.90 Å². The van der Waals surface area contributed by atoms with Gasteiger partial charge in [-0.1, -0.05) is 17.7 Å². The molecule has 1 fully saturated rings. The van der Waals surface area contributed by atoms with Gasteiger partial charge in [0, 0.05) is 29.7 Å². The SMILES string of the molecule is O=S1(=O)CCCN(c2ccc(CCl)c(Cl)c2)CC1. The summed E-state index contributed by atoms with van der Waals surface area (Å²) in [5, 5.41) is 0.634. The maximum Gasteiger partial charge on any atom is 0.152 e. The van der Waals surface area contributed by atoms with Crippen LogP contribution >= 0.6 is 23.2 Å². The van der Waals surface area contributed by atoms with Crippen LogP contribution in [0.2, 0.25) is 5.02 Å². The molecule has 1 aliphatic heterocycles. The second kappa shape index (κ2) is 5.68. The first-order chi connectivity index (χ1) is 8.52. The molecule has 1 aromatic carbocycles. The van der Waals surface area contributed by atoms with Crippen molar-refractivity contribution in [1.82, 2.24) is 0 Å². The van der Waals surface area contributed by atoms with Gasteiger partial charge in [0.1, 0.15) is 0 Å². The standard InChI is InChI=1S/C12H15Cl2NO2S/c13-9-10-2-3-11(8-12(10)14)15-4-1-6-18(16,17)7-5-15/h2-3,8H,1,4-7,9H2. The monoisotopic (exact) mass is 307 g/mol. The van der Waals surface area contributed by atoms with Crippen LogP contribution in [-0.4, -0.2) is 33.0 Å². The van der Waals surface area contributed by atoms with Crippen molar-refractivity contribution < 1.29 is 8.42 Å². The molecular formula is C12H15Cl2NO2S. The van der Waals surface area contributed by atoms with Crippen molar-refractivity contribution in [3.05, 3.63) is 28.8 Å². The molecular weight excluding hydrogens is 293 g/mol. The first-order valence-electron chi connectivity index (χ1n) is 5.81. The molecule has 0 N–H and O–H groups in total. The Kier molecular flexibility index (Phi) is 4.41. The Hall–Kier alpha value is -0.450. The summed E-state index contributed by atoms with van der Waals surface area (Å²) in [7, 11) is -2.88. The smallest absolute Gasteiger partial charge is 0.152 e. The van der Waals surface area contributed by atoms with E-state index in [1.165, 1.54) is 0 Å². The van der Waals surface area contributed by atoms with E-state index in [-0.39, 0.29) is 11.5 Å². The second-order valence-corrected chi connectivity index (χ2v) is 7.38. The molecule has 100 valence electrons. The van der Waals surface area contributed by atoms with Crippen molar-refractivity contribution in [2.45, 2.75) is 12.3 Å². The summed E-state index contributed by atoms with van der Waals surface area (Å²) < 4.78 is 23.1. The Balaban J connectivity index is 2.19. The summed E-state index contributed by atoms with van der Waals surface area (Å²) in [6.45, 7) is 1.27. The van der Waals surface area contributed by atoms with Gasteiger partial charge in [0.05, 0.1) is 11.5 Å². The van der Waals surface area contributed by atoms with Gasteiger partial charge in [-0.3, -0.25) is 0 Å². The van der Waals surface area contributed by atoms with Gasteiger partial charge in [0.2, 0.25) is 0 Å². The van der Waals surface area contributed by atoms with Crippen LogP contribution in [0.15, 0.2) is 18.2 Å². The lowest BCUT2D eigenvalue weighted by atomic mass is 10.2. The third kappa shape index (κ3) is 3.31. The van der Waals surface area contributed by atoms with Gasteiger partial charge in [0.15, 0.2) is 9.84 Å². The highest BCUT2D eigenvalue weighted by molar-refractivity contribution is 7.91. The summed E-state index contributed by atoms with van der Waals surface area (Å²) >= 11 is 11.9. The zero-order chi connectivity index (χ0) is 13.2. The van der Waals surface area contributed by atoms with E-state index in [0.29, 0.717) is 23.9 Å². The number of rotatable bonds is 2. The van der Waals surface area contributed by atoms with Gasteiger partial charge in [-0.25, -0.2) is 8.42 Å². The molecule has 0 saturated carbocycles. The summed E-state index contributed by atoms with van der Waals surface area (Å²) in [4.78, 5) is 2.06. The van der Waals surface area contributed by atoms with E-state index in [4.69, 9.17) is 23.2 Å². The average Bonchev–Trinajstić information content (AvgIpc) is 2.50. The van der Waals surface area contributed by atoms with E-state index in [9.17, 15) is 8.42 Å². The van der Waals surface area contributed by atoms with Crippen molar-refractivity contribution in [3.8, 4) is 0 Å². The lowest BCUT2D eigenvalue weighted by molar-refractivity contribution is 0.597. The van der Waals surface area contributed by atoms with E-state index in [0.717, 1.165) is 17.8 Å². The first kappa shape index (κ1) is 14.0. The van der Waals surface area contributed by atoms with Crippen LogP contribution in [-0.2, 0) is 15.7 Å². The van der Waals surface area contributed by atoms with Crippen molar-refractivity contribution in [3.63, 3.8) is 0 Å². The predicted octanol–water partition coefficient (Wildman–Crippen LogP) is 2.70. The Morgan fingerprint density at radius 2 is 2.00 bits per heavy atom. The van der Waals surface area contributed by atoms with Gasteiger partial charge >= 0.3 is 0 Å². The zero-order valence-electron chi connectivity index (χ0n) is 9.90. The molecule has 0 atom stereocenters. The molecule has 1 heterocycles. The maximum absolute atomic E-state index is 11.5. The molecule has 6 heteroatoms. The van der Waals surface area contributed by atoms with Crippen LogP contribution in [0.4, 0.5) is 5.69 Å². The maximum atomic E-state index is 11.5. The minimum absolute atomic E-state index is 0.210. The molecule has 2 rings (SSSR count). The number of sulfone groups is 1. The number of alkyl halides is 1. The third-order valence-corrected chi connectivity index (χ3v) is 5.46. The third-order valence-electron chi connectivity index (χ3n) is 3.10. The molecule has 1 saturated heterocycles. The highest BCUT2D eigenvalue weighted by atomic mass is 35.5. The summed E-state index contributed by atoms with van der Waals surface area (Å²) in [6, 6.07) is 5.70. The largest absolute Gasteiger partial charge is 0.370 e. The fourth-order valence-corrected chi connectivity index (χ4v) is 3.85. The topological polar surface area (TPSA) is 37.4 Å². The molecule has 0 amide bonds. The summed E-state index contributed by atoms with van der Waals surface area (Å²) in [6.07, 6.45) is 0.664. The Morgan fingerprint density at radius 1 is 1.22 bits per heavy atom.